The lowest BCUT2D eigenvalue weighted by atomic mass is 9.94. The molecular formula is C18H24N2O. The van der Waals surface area contributed by atoms with E-state index in [0.717, 1.165) is 22.2 Å². The van der Waals surface area contributed by atoms with E-state index in [1.54, 1.807) is 0 Å². The first-order chi connectivity index (χ1) is 10.2. The smallest absolute Gasteiger partial charge is 0.179 e. The summed E-state index contributed by atoms with van der Waals surface area (Å²) >= 11 is 0. The normalized spacial score (nSPS) is 16.7. The third-order valence-corrected chi connectivity index (χ3v) is 4.76. The molecule has 112 valence electrons. The number of carbonyl (C=O) groups excluding carboxylic acids is 1. The highest BCUT2D eigenvalue weighted by atomic mass is 16.1. The summed E-state index contributed by atoms with van der Waals surface area (Å²) in [5, 5.41) is 1.05. The van der Waals surface area contributed by atoms with Crippen LogP contribution < -0.4 is 0 Å². The molecule has 0 atom stereocenters. The van der Waals surface area contributed by atoms with Crippen molar-refractivity contribution in [3.8, 4) is 0 Å². The highest BCUT2D eigenvalue weighted by Crippen LogP contribution is 2.25. The van der Waals surface area contributed by atoms with Crippen molar-refractivity contribution >= 4 is 16.7 Å². The molecule has 3 nitrogen and oxygen atoms in total. The second-order valence-corrected chi connectivity index (χ2v) is 6.30. The fourth-order valence-corrected chi connectivity index (χ4v) is 3.59. The quantitative estimate of drug-likeness (QED) is 0.864. The van der Waals surface area contributed by atoms with Crippen molar-refractivity contribution in [2.75, 3.05) is 13.6 Å². The highest BCUT2D eigenvalue weighted by Gasteiger charge is 2.22. The van der Waals surface area contributed by atoms with Crippen LogP contribution >= 0.6 is 0 Å². The Morgan fingerprint density at radius 1 is 1.24 bits per heavy atom. The summed E-state index contributed by atoms with van der Waals surface area (Å²) in [5.41, 5.74) is 2.91. The van der Waals surface area contributed by atoms with E-state index in [4.69, 9.17) is 0 Å². The summed E-state index contributed by atoms with van der Waals surface area (Å²) < 4.78 is 0. The van der Waals surface area contributed by atoms with E-state index < -0.39 is 0 Å². The van der Waals surface area contributed by atoms with E-state index >= 15 is 0 Å². The van der Waals surface area contributed by atoms with E-state index in [1.807, 2.05) is 31.2 Å². The zero-order chi connectivity index (χ0) is 14.8. The number of aromatic nitrogens is 1. The largest absolute Gasteiger partial charge is 0.358 e. The number of hydrogen-bond acceptors (Lipinski definition) is 2. The average Bonchev–Trinajstić information content (AvgIpc) is 2.83. The third kappa shape index (κ3) is 2.88. The number of nitrogens with zero attached hydrogens (tertiary/aromatic N) is 1. The van der Waals surface area contributed by atoms with Crippen molar-refractivity contribution in [1.29, 1.82) is 0 Å². The lowest BCUT2D eigenvalue weighted by molar-refractivity contribution is 0.0900. The Morgan fingerprint density at radius 3 is 2.71 bits per heavy atom. The second kappa shape index (κ2) is 6.02. The molecule has 3 heteroatoms. The van der Waals surface area contributed by atoms with Crippen LogP contribution in [0.25, 0.3) is 10.9 Å². The minimum Gasteiger partial charge on any atom is -0.358 e. The van der Waals surface area contributed by atoms with Crippen LogP contribution in [0.2, 0.25) is 0 Å². The maximum atomic E-state index is 12.7. The number of benzene rings is 1. The molecule has 0 spiro atoms. The monoisotopic (exact) mass is 284 g/mol. The van der Waals surface area contributed by atoms with Gasteiger partial charge in [0.2, 0.25) is 0 Å². The number of nitrogens with one attached hydrogen (secondary N) is 1. The first kappa shape index (κ1) is 14.3. The number of aryl methyl sites for hydroxylation is 1. The maximum absolute atomic E-state index is 12.7. The fraction of sp³-hybridized carbons (Fsp3) is 0.500. The summed E-state index contributed by atoms with van der Waals surface area (Å²) in [6.45, 7) is 2.52. The van der Waals surface area contributed by atoms with Gasteiger partial charge < -0.3 is 4.98 Å². The predicted octanol–water partition coefficient (Wildman–Crippen LogP) is 3.92. The third-order valence-electron chi connectivity index (χ3n) is 4.76. The minimum absolute atomic E-state index is 0.234. The summed E-state index contributed by atoms with van der Waals surface area (Å²) in [4.78, 5) is 18.3. The van der Waals surface area contributed by atoms with Gasteiger partial charge in [-0.15, -0.1) is 0 Å². The Hall–Kier alpha value is -1.61. The number of aromatic amines is 1. The molecular weight excluding hydrogens is 260 g/mol. The van der Waals surface area contributed by atoms with E-state index in [1.165, 1.54) is 32.1 Å². The van der Waals surface area contributed by atoms with Crippen molar-refractivity contribution < 1.29 is 4.79 Å². The molecule has 1 aromatic heterocycles. The topological polar surface area (TPSA) is 36.1 Å². The van der Waals surface area contributed by atoms with Crippen LogP contribution in [0.3, 0.4) is 0 Å². The molecule has 1 aliphatic carbocycles. The van der Waals surface area contributed by atoms with Crippen molar-refractivity contribution in [1.82, 2.24) is 9.88 Å². The summed E-state index contributed by atoms with van der Waals surface area (Å²) in [6.07, 6.45) is 6.41. The summed E-state index contributed by atoms with van der Waals surface area (Å²) in [7, 11) is 2.10. The number of likely N-dealkylation sites (N-methyl/N-ethyl adjacent to an activating group) is 1. The van der Waals surface area contributed by atoms with Gasteiger partial charge in [0.05, 0.1) is 6.54 Å². The van der Waals surface area contributed by atoms with Crippen LogP contribution in [0, 0.1) is 6.92 Å². The van der Waals surface area contributed by atoms with Crippen LogP contribution in [0.4, 0.5) is 0 Å². The summed E-state index contributed by atoms with van der Waals surface area (Å²) in [6, 6.07) is 8.64. The van der Waals surface area contributed by atoms with Crippen molar-refractivity contribution in [2.24, 2.45) is 0 Å². The first-order valence-corrected chi connectivity index (χ1v) is 7.97. The SMILES string of the molecule is Cc1[nH]c2ccccc2c1C(=O)CN(C)C1CCCCC1. The van der Waals surface area contributed by atoms with Gasteiger partial charge in [-0.25, -0.2) is 0 Å². The molecule has 0 unspecified atom stereocenters. The van der Waals surface area contributed by atoms with Gasteiger partial charge >= 0.3 is 0 Å². The number of rotatable bonds is 4. The average molecular weight is 284 g/mol. The molecule has 0 aliphatic heterocycles. The zero-order valence-electron chi connectivity index (χ0n) is 13.0. The Balaban J connectivity index is 1.79. The van der Waals surface area contributed by atoms with Crippen LogP contribution in [-0.2, 0) is 0 Å². The number of hydrogen-bond donors (Lipinski definition) is 1. The maximum Gasteiger partial charge on any atom is 0.179 e. The predicted molar refractivity (Wildman–Crippen MR) is 86.9 cm³/mol. The number of para-hydroxylation sites is 1. The first-order valence-electron chi connectivity index (χ1n) is 7.97. The fourth-order valence-electron chi connectivity index (χ4n) is 3.59. The van der Waals surface area contributed by atoms with Crippen LogP contribution in [0.15, 0.2) is 24.3 Å². The molecule has 1 saturated carbocycles. The Bertz CT molecular complexity index is 638. The molecule has 0 amide bonds. The highest BCUT2D eigenvalue weighted by molar-refractivity contribution is 6.10. The minimum atomic E-state index is 0.234. The van der Waals surface area contributed by atoms with Gasteiger partial charge in [0, 0.05) is 28.2 Å². The van der Waals surface area contributed by atoms with Crippen molar-refractivity contribution in [2.45, 2.75) is 45.1 Å². The van der Waals surface area contributed by atoms with Gasteiger partial charge in [-0.05, 0) is 32.9 Å². The number of carbonyl (C=O) groups is 1. The Morgan fingerprint density at radius 2 is 1.95 bits per heavy atom. The lowest BCUT2D eigenvalue weighted by Gasteiger charge is -2.30. The summed E-state index contributed by atoms with van der Waals surface area (Å²) in [5.74, 6) is 0.234. The van der Waals surface area contributed by atoms with E-state index in [9.17, 15) is 4.79 Å². The van der Waals surface area contributed by atoms with Crippen LogP contribution in [0.5, 0.6) is 0 Å². The van der Waals surface area contributed by atoms with Gasteiger partial charge in [0.1, 0.15) is 0 Å². The molecule has 1 N–H and O–H groups in total. The molecule has 1 heterocycles. The van der Waals surface area contributed by atoms with Gasteiger partial charge in [0.25, 0.3) is 0 Å². The van der Waals surface area contributed by atoms with E-state index in [2.05, 4.69) is 16.9 Å². The van der Waals surface area contributed by atoms with Crippen molar-refractivity contribution in [3.05, 3.63) is 35.5 Å². The number of Topliss-reactive ketones (excluding diaryl/α,β-unsaturated/α-hetero) is 1. The molecule has 3 rings (SSSR count). The van der Waals surface area contributed by atoms with Crippen LogP contribution in [-0.4, -0.2) is 35.3 Å². The van der Waals surface area contributed by atoms with Gasteiger partial charge in [0.15, 0.2) is 5.78 Å². The van der Waals surface area contributed by atoms with Crippen LogP contribution in [0.1, 0.15) is 48.2 Å². The molecule has 0 saturated heterocycles. The molecule has 1 aliphatic rings. The van der Waals surface area contributed by atoms with Gasteiger partial charge in [-0.3, -0.25) is 9.69 Å². The van der Waals surface area contributed by atoms with Crippen molar-refractivity contribution in [3.63, 3.8) is 0 Å². The van der Waals surface area contributed by atoms with E-state index in [0.29, 0.717) is 12.6 Å². The Kier molecular flexibility index (Phi) is 4.11. The van der Waals surface area contributed by atoms with Gasteiger partial charge in [-0.1, -0.05) is 37.5 Å². The zero-order valence-corrected chi connectivity index (χ0v) is 13.0. The number of ketones is 1. The second-order valence-electron chi connectivity index (χ2n) is 6.30. The molecule has 2 aromatic rings. The number of H-pyrrole nitrogens is 1. The lowest BCUT2D eigenvalue weighted by Crippen LogP contribution is -2.37. The number of fused-ring (bicyclic) bond motifs is 1. The molecule has 1 aromatic carbocycles. The van der Waals surface area contributed by atoms with E-state index in [-0.39, 0.29) is 5.78 Å². The molecule has 21 heavy (non-hydrogen) atoms. The molecule has 1 fully saturated rings. The van der Waals surface area contributed by atoms with Gasteiger partial charge in [-0.2, -0.15) is 0 Å². The standard InChI is InChI=1S/C18H24N2O/c1-13-18(15-10-6-7-11-16(15)19-13)17(21)12-20(2)14-8-4-3-5-9-14/h6-7,10-11,14,19H,3-5,8-9,12H2,1-2H3. The Labute approximate surface area is 126 Å². The molecule has 0 bridgehead atoms. The molecule has 0 radical (unpaired) electrons.